The van der Waals surface area contributed by atoms with Crippen molar-refractivity contribution >= 4 is 11.6 Å². The lowest BCUT2D eigenvalue weighted by molar-refractivity contribution is 0.153. The Hall–Kier alpha value is -0.680. The van der Waals surface area contributed by atoms with Crippen LogP contribution in [0.3, 0.4) is 0 Å². The van der Waals surface area contributed by atoms with Crippen LogP contribution < -0.4 is 5.73 Å². The average Bonchev–Trinajstić information content (AvgIpc) is 2.83. The maximum atomic E-state index is 14.3. The summed E-state index contributed by atoms with van der Waals surface area (Å²) in [5.74, 6) is -0.333. The van der Waals surface area contributed by atoms with Gasteiger partial charge in [-0.05, 0) is 39.5 Å². The zero-order chi connectivity index (χ0) is 14.7. The van der Waals surface area contributed by atoms with Crippen molar-refractivity contribution in [3.8, 4) is 0 Å². The van der Waals surface area contributed by atoms with Crippen LogP contribution in [0.15, 0.2) is 18.2 Å². The molecular formula is C15H23ClFN3. The van der Waals surface area contributed by atoms with E-state index < -0.39 is 0 Å². The SMILES string of the molecule is CN(C)CC1CCCN1C(CN)c1cccc(Cl)c1F. The number of hydrogen-bond acceptors (Lipinski definition) is 3. The van der Waals surface area contributed by atoms with Crippen molar-refractivity contribution < 1.29 is 4.39 Å². The number of nitrogens with two attached hydrogens (primary N) is 1. The first-order chi connectivity index (χ1) is 9.54. The van der Waals surface area contributed by atoms with Gasteiger partial charge in [-0.15, -0.1) is 0 Å². The summed E-state index contributed by atoms with van der Waals surface area (Å²) in [6.07, 6.45) is 2.27. The van der Waals surface area contributed by atoms with Gasteiger partial charge < -0.3 is 10.6 Å². The van der Waals surface area contributed by atoms with E-state index in [9.17, 15) is 4.39 Å². The summed E-state index contributed by atoms with van der Waals surface area (Å²) in [7, 11) is 4.13. The van der Waals surface area contributed by atoms with Gasteiger partial charge in [-0.2, -0.15) is 0 Å². The molecule has 2 N–H and O–H groups in total. The molecule has 1 aromatic rings. The number of nitrogens with zero attached hydrogens (tertiary/aromatic N) is 2. The van der Waals surface area contributed by atoms with Crippen molar-refractivity contribution in [2.75, 3.05) is 33.7 Å². The minimum atomic E-state index is -0.333. The minimum absolute atomic E-state index is 0.0962. The first-order valence-electron chi connectivity index (χ1n) is 7.09. The quantitative estimate of drug-likeness (QED) is 0.907. The molecule has 1 aliphatic rings. The highest BCUT2D eigenvalue weighted by atomic mass is 35.5. The molecule has 0 aromatic heterocycles. The van der Waals surface area contributed by atoms with Gasteiger partial charge in [0.2, 0.25) is 0 Å². The maximum Gasteiger partial charge on any atom is 0.146 e. The molecule has 2 rings (SSSR count). The fraction of sp³-hybridized carbons (Fsp3) is 0.600. The smallest absolute Gasteiger partial charge is 0.146 e. The maximum absolute atomic E-state index is 14.3. The van der Waals surface area contributed by atoms with Crippen LogP contribution in [-0.4, -0.2) is 49.6 Å². The molecule has 0 bridgehead atoms. The molecule has 0 radical (unpaired) electrons. The van der Waals surface area contributed by atoms with Gasteiger partial charge in [-0.1, -0.05) is 23.7 Å². The van der Waals surface area contributed by atoms with Crippen LogP contribution in [0.4, 0.5) is 4.39 Å². The lowest BCUT2D eigenvalue weighted by atomic mass is 10.0. The summed E-state index contributed by atoms with van der Waals surface area (Å²) in [6, 6.07) is 5.50. The predicted octanol–water partition coefficient (Wildman–Crippen LogP) is 2.50. The van der Waals surface area contributed by atoms with Crippen LogP contribution in [0, 0.1) is 5.82 Å². The van der Waals surface area contributed by atoms with Crippen LogP contribution in [0.5, 0.6) is 0 Å². The first kappa shape index (κ1) is 15.7. The van der Waals surface area contributed by atoms with Gasteiger partial charge >= 0.3 is 0 Å². The first-order valence-corrected chi connectivity index (χ1v) is 7.46. The van der Waals surface area contributed by atoms with E-state index in [4.69, 9.17) is 17.3 Å². The van der Waals surface area contributed by atoms with Crippen molar-refractivity contribution in [1.29, 1.82) is 0 Å². The number of rotatable bonds is 5. The molecule has 3 nitrogen and oxygen atoms in total. The monoisotopic (exact) mass is 299 g/mol. The normalized spacial score (nSPS) is 21.6. The lowest BCUT2D eigenvalue weighted by Crippen LogP contribution is -2.42. The molecule has 1 aliphatic heterocycles. The standard InChI is InChI=1S/C15H23ClFN3/c1-19(2)10-11-5-4-8-20(11)14(9-18)12-6-3-7-13(16)15(12)17/h3,6-7,11,14H,4-5,8-10,18H2,1-2H3. The highest BCUT2D eigenvalue weighted by Crippen LogP contribution is 2.32. The van der Waals surface area contributed by atoms with Gasteiger partial charge in [0.05, 0.1) is 11.1 Å². The molecule has 1 saturated heterocycles. The number of hydrogen-bond donors (Lipinski definition) is 1. The summed E-state index contributed by atoms with van der Waals surface area (Å²) in [5, 5.41) is 0.171. The average molecular weight is 300 g/mol. The van der Waals surface area contributed by atoms with Crippen LogP contribution in [0.25, 0.3) is 0 Å². The summed E-state index contributed by atoms with van der Waals surface area (Å²) in [6.45, 7) is 2.34. The third-order valence-electron chi connectivity index (χ3n) is 3.96. The number of benzene rings is 1. The van der Waals surface area contributed by atoms with Gasteiger partial charge in [0.15, 0.2) is 0 Å². The van der Waals surface area contributed by atoms with Crippen LogP contribution in [-0.2, 0) is 0 Å². The summed E-state index contributed by atoms with van der Waals surface area (Å²) in [5.41, 5.74) is 6.55. The van der Waals surface area contributed by atoms with Crippen molar-refractivity contribution in [2.24, 2.45) is 5.73 Å². The lowest BCUT2D eigenvalue weighted by Gasteiger charge is -2.34. The Morgan fingerprint density at radius 2 is 2.25 bits per heavy atom. The van der Waals surface area contributed by atoms with E-state index in [-0.39, 0.29) is 16.9 Å². The van der Waals surface area contributed by atoms with E-state index in [1.54, 1.807) is 18.2 Å². The molecule has 20 heavy (non-hydrogen) atoms. The van der Waals surface area contributed by atoms with Crippen molar-refractivity contribution in [2.45, 2.75) is 24.9 Å². The number of likely N-dealkylation sites (N-methyl/N-ethyl adjacent to an activating group) is 1. The molecule has 1 heterocycles. The molecule has 5 heteroatoms. The summed E-state index contributed by atoms with van der Waals surface area (Å²) in [4.78, 5) is 4.50. The Morgan fingerprint density at radius 3 is 2.90 bits per heavy atom. The molecule has 0 aliphatic carbocycles. The van der Waals surface area contributed by atoms with Crippen molar-refractivity contribution in [3.05, 3.63) is 34.6 Å². The molecule has 112 valence electrons. The highest BCUT2D eigenvalue weighted by Gasteiger charge is 2.32. The molecule has 2 atom stereocenters. The van der Waals surface area contributed by atoms with E-state index >= 15 is 0 Å². The van der Waals surface area contributed by atoms with Gasteiger partial charge in [0, 0.05) is 24.7 Å². The van der Waals surface area contributed by atoms with Crippen molar-refractivity contribution in [3.63, 3.8) is 0 Å². The zero-order valence-corrected chi connectivity index (χ0v) is 12.9. The zero-order valence-electron chi connectivity index (χ0n) is 12.1. The largest absolute Gasteiger partial charge is 0.329 e. The van der Waals surface area contributed by atoms with Gasteiger partial charge in [0.25, 0.3) is 0 Å². The van der Waals surface area contributed by atoms with Crippen LogP contribution in [0.1, 0.15) is 24.4 Å². The number of halogens is 2. The van der Waals surface area contributed by atoms with E-state index in [1.165, 1.54) is 0 Å². The van der Waals surface area contributed by atoms with Gasteiger partial charge in [-0.3, -0.25) is 4.90 Å². The fourth-order valence-corrected chi connectivity index (χ4v) is 3.29. The Bertz CT molecular complexity index is 453. The third-order valence-corrected chi connectivity index (χ3v) is 4.25. The molecule has 0 saturated carbocycles. The van der Waals surface area contributed by atoms with E-state index in [2.05, 4.69) is 23.9 Å². The molecular weight excluding hydrogens is 277 g/mol. The molecule has 1 aromatic carbocycles. The molecule has 2 unspecified atom stereocenters. The van der Waals surface area contributed by atoms with E-state index in [1.807, 2.05) is 0 Å². The summed E-state index contributed by atoms with van der Waals surface area (Å²) >= 11 is 5.90. The van der Waals surface area contributed by atoms with Gasteiger partial charge in [-0.25, -0.2) is 4.39 Å². The number of likely N-dealkylation sites (tertiary alicyclic amines) is 1. The summed E-state index contributed by atoms with van der Waals surface area (Å²) < 4.78 is 14.3. The second kappa shape index (κ2) is 6.85. The van der Waals surface area contributed by atoms with E-state index in [0.29, 0.717) is 18.2 Å². The second-order valence-electron chi connectivity index (χ2n) is 5.69. The van der Waals surface area contributed by atoms with Crippen molar-refractivity contribution in [1.82, 2.24) is 9.80 Å². The minimum Gasteiger partial charge on any atom is -0.329 e. The van der Waals surface area contributed by atoms with E-state index in [0.717, 1.165) is 25.9 Å². The molecule has 1 fully saturated rings. The second-order valence-corrected chi connectivity index (χ2v) is 6.10. The Balaban J connectivity index is 2.25. The Morgan fingerprint density at radius 1 is 1.50 bits per heavy atom. The fourth-order valence-electron chi connectivity index (χ4n) is 3.10. The predicted molar refractivity (Wildman–Crippen MR) is 81.5 cm³/mol. The highest BCUT2D eigenvalue weighted by molar-refractivity contribution is 6.30. The van der Waals surface area contributed by atoms with Crippen LogP contribution >= 0.6 is 11.6 Å². The molecule has 0 spiro atoms. The Labute approximate surface area is 125 Å². The van der Waals surface area contributed by atoms with Gasteiger partial charge in [0.1, 0.15) is 5.82 Å². The topological polar surface area (TPSA) is 32.5 Å². The van der Waals surface area contributed by atoms with Crippen LogP contribution in [0.2, 0.25) is 5.02 Å². The molecule has 0 amide bonds. The Kier molecular flexibility index (Phi) is 5.38. The third kappa shape index (κ3) is 3.31.